The molecule has 1 rings (SSSR count). The number of aliphatic hydroxyl groups excluding tert-OH is 1. The number of hydrogen-bond acceptors (Lipinski definition) is 2. The Balaban J connectivity index is 2.88. The van der Waals surface area contributed by atoms with Gasteiger partial charge in [-0.05, 0) is 31.7 Å². The third-order valence-electron chi connectivity index (χ3n) is 3.11. The molecule has 1 N–H and O–H groups in total. The van der Waals surface area contributed by atoms with Crippen molar-refractivity contribution < 1.29 is 5.11 Å². The standard InChI is InChI=1S/C13H24N2O/c1-5-8-10(4)13(16)12-9-11(6-2)14-15(12)7-3/h9-10,13,16H,5-8H2,1-4H3. The maximum Gasteiger partial charge on any atom is 0.0982 e. The van der Waals surface area contributed by atoms with E-state index in [1.54, 1.807) is 0 Å². The van der Waals surface area contributed by atoms with E-state index >= 15 is 0 Å². The van der Waals surface area contributed by atoms with E-state index < -0.39 is 0 Å². The van der Waals surface area contributed by atoms with Gasteiger partial charge in [0, 0.05) is 6.54 Å². The molecular formula is C13H24N2O. The highest BCUT2D eigenvalue weighted by Crippen LogP contribution is 2.26. The molecule has 1 heterocycles. The summed E-state index contributed by atoms with van der Waals surface area (Å²) in [7, 11) is 0. The molecule has 1 aromatic heterocycles. The summed E-state index contributed by atoms with van der Waals surface area (Å²) in [5.41, 5.74) is 2.04. The Morgan fingerprint density at radius 3 is 2.56 bits per heavy atom. The minimum absolute atomic E-state index is 0.303. The molecule has 0 aliphatic carbocycles. The van der Waals surface area contributed by atoms with Crippen molar-refractivity contribution in [2.24, 2.45) is 5.92 Å². The zero-order valence-corrected chi connectivity index (χ0v) is 10.9. The Kier molecular flexibility index (Phi) is 5.00. The van der Waals surface area contributed by atoms with Gasteiger partial charge in [0.05, 0.1) is 17.5 Å². The van der Waals surface area contributed by atoms with Crippen LogP contribution in [0.4, 0.5) is 0 Å². The molecule has 92 valence electrons. The minimum atomic E-state index is -0.382. The smallest absolute Gasteiger partial charge is 0.0982 e. The average molecular weight is 224 g/mol. The monoisotopic (exact) mass is 224 g/mol. The van der Waals surface area contributed by atoms with E-state index in [4.69, 9.17) is 0 Å². The fourth-order valence-electron chi connectivity index (χ4n) is 2.06. The molecule has 2 atom stereocenters. The first-order chi connectivity index (χ1) is 7.63. The second-order valence-electron chi connectivity index (χ2n) is 4.44. The second-order valence-corrected chi connectivity index (χ2v) is 4.44. The fraction of sp³-hybridized carbons (Fsp3) is 0.769. The molecule has 0 spiro atoms. The molecule has 16 heavy (non-hydrogen) atoms. The summed E-state index contributed by atoms with van der Waals surface area (Å²) in [6, 6.07) is 2.04. The van der Waals surface area contributed by atoms with Gasteiger partial charge in [0.25, 0.3) is 0 Å². The molecule has 0 aliphatic heterocycles. The maximum absolute atomic E-state index is 10.3. The molecule has 0 aromatic carbocycles. The number of rotatable bonds is 6. The van der Waals surface area contributed by atoms with Crippen molar-refractivity contribution in [3.63, 3.8) is 0 Å². The Morgan fingerprint density at radius 1 is 1.38 bits per heavy atom. The molecule has 0 saturated heterocycles. The number of aryl methyl sites for hydroxylation is 2. The zero-order valence-electron chi connectivity index (χ0n) is 10.9. The third-order valence-corrected chi connectivity index (χ3v) is 3.11. The summed E-state index contributed by atoms with van der Waals surface area (Å²) in [6.07, 6.45) is 2.71. The van der Waals surface area contributed by atoms with Crippen LogP contribution >= 0.6 is 0 Å². The Bertz CT molecular complexity index is 320. The van der Waals surface area contributed by atoms with E-state index in [2.05, 4.69) is 32.8 Å². The van der Waals surface area contributed by atoms with Crippen LogP contribution in [0.1, 0.15) is 58.0 Å². The Labute approximate surface area is 98.5 Å². The van der Waals surface area contributed by atoms with Crippen LogP contribution in [0.3, 0.4) is 0 Å². The molecule has 0 aliphatic rings. The first-order valence-corrected chi connectivity index (χ1v) is 6.38. The molecule has 1 aromatic rings. The van der Waals surface area contributed by atoms with Gasteiger partial charge >= 0.3 is 0 Å². The van der Waals surface area contributed by atoms with E-state index in [0.717, 1.165) is 37.2 Å². The largest absolute Gasteiger partial charge is 0.387 e. The lowest BCUT2D eigenvalue weighted by molar-refractivity contribution is 0.103. The predicted molar refractivity (Wildman–Crippen MR) is 66.3 cm³/mol. The van der Waals surface area contributed by atoms with Gasteiger partial charge in [-0.25, -0.2) is 0 Å². The lowest BCUT2D eigenvalue weighted by atomic mass is 9.97. The summed E-state index contributed by atoms with van der Waals surface area (Å²) in [6.45, 7) is 9.23. The van der Waals surface area contributed by atoms with Crippen LogP contribution < -0.4 is 0 Å². The van der Waals surface area contributed by atoms with Gasteiger partial charge in [-0.3, -0.25) is 4.68 Å². The number of hydrogen-bond donors (Lipinski definition) is 1. The number of nitrogens with zero attached hydrogens (tertiary/aromatic N) is 2. The van der Waals surface area contributed by atoms with Gasteiger partial charge in [0.1, 0.15) is 0 Å². The van der Waals surface area contributed by atoms with E-state index in [1.165, 1.54) is 0 Å². The van der Waals surface area contributed by atoms with Crippen molar-refractivity contribution in [2.75, 3.05) is 0 Å². The van der Waals surface area contributed by atoms with E-state index in [1.807, 2.05) is 10.7 Å². The van der Waals surface area contributed by atoms with Crippen molar-refractivity contribution in [3.8, 4) is 0 Å². The Morgan fingerprint density at radius 2 is 2.06 bits per heavy atom. The van der Waals surface area contributed by atoms with Crippen LogP contribution in [-0.2, 0) is 13.0 Å². The molecule has 3 heteroatoms. The highest BCUT2D eigenvalue weighted by Gasteiger charge is 2.20. The van der Waals surface area contributed by atoms with Gasteiger partial charge in [-0.1, -0.05) is 27.2 Å². The van der Waals surface area contributed by atoms with Crippen LogP contribution in [0.2, 0.25) is 0 Å². The zero-order chi connectivity index (χ0) is 12.1. The van der Waals surface area contributed by atoms with E-state index in [-0.39, 0.29) is 6.10 Å². The molecule has 0 bridgehead atoms. The quantitative estimate of drug-likeness (QED) is 0.806. The topological polar surface area (TPSA) is 38.1 Å². The minimum Gasteiger partial charge on any atom is -0.387 e. The first-order valence-electron chi connectivity index (χ1n) is 6.38. The predicted octanol–water partition coefficient (Wildman–Crippen LogP) is 2.94. The van der Waals surface area contributed by atoms with Crippen molar-refractivity contribution in [1.82, 2.24) is 9.78 Å². The molecule has 3 nitrogen and oxygen atoms in total. The summed E-state index contributed by atoms with van der Waals surface area (Å²) in [5.74, 6) is 0.303. The molecule has 0 fully saturated rings. The van der Waals surface area contributed by atoms with Crippen molar-refractivity contribution in [1.29, 1.82) is 0 Å². The molecular weight excluding hydrogens is 200 g/mol. The van der Waals surface area contributed by atoms with Crippen LogP contribution in [-0.4, -0.2) is 14.9 Å². The Hall–Kier alpha value is -0.830. The average Bonchev–Trinajstić information content (AvgIpc) is 2.71. The molecule has 0 amide bonds. The van der Waals surface area contributed by atoms with Gasteiger partial charge in [-0.2, -0.15) is 5.10 Å². The van der Waals surface area contributed by atoms with Crippen molar-refractivity contribution in [3.05, 3.63) is 17.5 Å². The summed E-state index contributed by atoms with van der Waals surface area (Å²) < 4.78 is 1.93. The van der Waals surface area contributed by atoms with Crippen molar-refractivity contribution in [2.45, 2.75) is 59.6 Å². The van der Waals surface area contributed by atoms with Gasteiger partial charge in [0.2, 0.25) is 0 Å². The lowest BCUT2D eigenvalue weighted by Gasteiger charge is -2.18. The first kappa shape index (κ1) is 13.2. The molecule has 0 radical (unpaired) electrons. The SMILES string of the molecule is CCCC(C)C(O)c1cc(CC)nn1CC. The summed E-state index contributed by atoms with van der Waals surface area (Å²) in [5, 5.41) is 14.7. The van der Waals surface area contributed by atoms with E-state index in [0.29, 0.717) is 5.92 Å². The van der Waals surface area contributed by atoms with Gasteiger partial charge in [-0.15, -0.1) is 0 Å². The highest BCUT2D eigenvalue weighted by atomic mass is 16.3. The van der Waals surface area contributed by atoms with Gasteiger partial charge in [0.15, 0.2) is 0 Å². The van der Waals surface area contributed by atoms with E-state index in [9.17, 15) is 5.11 Å². The normalized spacial score (nSPS) is 15.1. The van der Waals surface area contributed by atoms with Gasteiger partial charge < -0.3 is 5.11 Å². The fourth-order valence-corrected chi connectivity index (χ4v) is 2.06. The molecule has 2 unspecified atom stereocenters. The van der Waals surface area contributed by atoms with Crippen LogP contribution in [0.25, 0.3) is 0 Å². The van der Waals surface area contributed by atoms with Crippen LogP contribution in [0, 0.1) is 5.92 Å². The summed E-state index contributed by atoms with van der Waals surface area (Å²) >= 11 is 0. The third kappa shape index (κ3) is 2.85. The highest BCUT2D eigenvalue weighted by molar-refractivity contribution is 5.13. The number of aliphatic hydroxyl groups is 1. The second kappa shape index (κ2) is 6.04. The van der Waals surface area contributed by atoms with Crippen molar-refractivity contribution >= 4 is 0 Å². The lowest BCUT2D eigenvalue weighted by Crippen LogP contribution is -2.14. The van der Waals surface area contributed by atoms with Crippen LogP contribution in [0.15, 0.2) is 6.07 Å². The number of aromatic nitrogens is 2. The molecule has 0 saturated carbocycles. The summed E-state index contributed by atoms with van der Waals surface area (Å²) in [4.78, 5) is 0. The van der Waals surface area contributed by atoms with Crippen LogP contribution in [0.5, 0.6) is 0 Å². The maximum atomic E-state index is 10.3.